The maximum atomic E-state index is 11.7. The molecular weight excluding hydrogens is 285 g/mol. The molecule has 0 radical (unpaired) electrons. The summed E-state index contributed by atoms with van der Waals surface area (Å²) in [5.74, 6) is 4.84. The molecule has 19 heavy (non-hydrogen) atoms. The first-order valence-electron chi connectivity index (χ1n) is 5.61. The number of rotatable bonds is 2. The lowest BCUT2D eigenvalue weighted by Crippen LogP contribution is -2.30. The SMILES string of the molecule is Cc1cc(C(=O)NN)c(C)n1-c1ccc(Cl)cc1Cl. The van der Waals surface area contributed by atoms with Gasteiger partial charge in [-0.3, -0.25) is 10.2 Å². The average molecular weight is 298 g/mol. The number of aromatic nitrogens is 1. The normalized spacial score (nSPS) is 10.6. The van der Waals surface area contributed by atoms with E-state index < -0.39 is 0 Å². The quantitative estimate of drug-likeness (QED) is 0.508. The Kier molecular flexibility index (Phi) is 3.85. The number of hydrogen-bond acceptors (Lipinski definition) is 2. The molecule has 2 rings (SSSR count). The lowest BCUT2D eigenvalue weighted by molar-refractivity contribution is 0.0953. The van der Waals surface area contributed by atoms with Gasteiger partial charge in [0.15, 0.2) is 0 Å². The number of carbonyl (C=O) groups excluding carboxylic acids is 1. The zero-order valence-electron chi connectivity index (χ0n) is 10.5. The van der Waals surface area contributed by atoms with Gasteiger partial charge in [-0.05, 0) is 38.1 Å². The number of nitrogens with two attached hydrogens (primary N) is 1. The van der Waals surface area contributed by atoms with Crippen LogP contribution in [-0.2, 0) is 0 Å². The molecule has 0 unspecified atom stereocenters. The van der Waals surface area contributed by atoms with E-state index in [1.54, 1.807) is 18.2 Å². The van der Waals surface area contributed by atoms with Gasteiger partial charge in [0.2, 0.25) is 0 Å². The van der Waals surface area contributed by atoms with Crippen LogP contribution in [0, 0.1) is 13.8 Å². The Morgan fingerprint density at radius 3 is 2.53 bits per heavy atom. The molecule has 0 saturated carbocycles. The number of amides is 1. The molecule has 4 nitrogen and oxygen atoms in total. The number of halogens is 2. The van der Waals surface area contributed by atoms with Crippen LogP contribution < -0.4 is 11.3 Å². The molecule has 1 amide bonds. The van der Waals surface area contributed by atoms with Crippen LogP contribution >= 0.6 is 23.2 Å². The molecule has 0 saturated heterocycles. The number of carbonyl (C=O) groups is 1. The van der Waals surface area contributed by atoms with E-state index in [2.05, 4.69) is 5.43 Å². The van der Waals surface area contributed by atoms with E-state index in [1.165, 1.54) is 0 Å². The van der Waals surface area contributed by atoms with Crippen LogP contribution in [0.1, 0.15) is 21.7 Å². The summed E-state index contributed by atoms with van der Waals surface area (Å²) >= 11 is 12.1. The van der Waals surface area contributed by atoms with Crippen LogP contribution in [0.2, 0.25) is 10.0 Å². The Balaban J connectivity index is 2.63. The lowest BCUT2D eigenvalue weighted by atomic mass is 10.2. The third-order valence-corrected chi connectivity index (χ3v) is 3.50. The average Bonchev–Trinajstić information content (AvgIpc) is 2.65. The molecule has 3 N–H and O–H groups in total. The number of benzene rings is 1. The summed E-state index contributed by atoms with van der Waals surface area (Å²) in [5, 5.41) is 1.09. The van der Waals surface area contributed by atoms with Crippen molar-refractivity contribution in [1.82, 2.24) is 9.99 Å². The Morgan fingerprint density at radius 2 is 1.95 bits per heavy atom. The molecule has 2 aromatic rings. The molecule has 100 valence electrons. The van der Waals surface area contributed by atoms with Gasteiger partial charge >= 0.3 is 0 Å². The first-order chi connectivity index (χ1) is 8.95. The summed E-state index contributed by atoms with van der Waals surface area (Å²) in [7, 11) is 0. The van der Waals surface area contributed by atoms with Gasteiger partial charge in [-0.2, -0.15) is 0 Å². The molecule has 1 aromatic carbocycles. The van der Waals surface area contributed by atoms with Gasteiger partial charge in [-0.15, -0.1) is 0 Å². The van der Waals surface area contributed by atoms with E-state index >= 15 is 0 Å². The summed E-state index contributed by atoms with van der Waals surface area (Å²) in [6.07, 6.45) is 0. The van der Waals surface area contributed by atoms with Crippen LogP contribution in [0.5, 0.6) is 0 Å². The molecule has 0 aliphatic heterocycles. The molecule has 0 aliphatic rings. The lowest BCUT2D eigenvalue weighted by Gasteiger charge is -2.12. The van der Waals surface area contributed by atoms with Gasteiger partial charge in [0.25, 0.3) is 5.91 Å². The third kappa shape index (κ3) is 2.47. The monoisotopic (exact) mass is 297 g/mol. The second-order valence-corrected chi connectivity index (χ2v) is 5.03. The highest BCUT2D eigenvalue weighted by molar-refractivity contribution is 6.35. The summed E-state index contributed by atoms with van der Waals surface area (Å²) in [6.45, 7) is 3.73. The molecule has 0 fully saturated rings. The van der Waals surface area contributed by atoms with Gasteiger partial charge < -0.3 is 4.57 Å². The summed E-state index contributed by atoms with van der Waals surface area (Å²) in [5.41, 5.74) is 5.08. The number of aryl methyl sites for hydroxylation is 1. The van der Waals surface area contributed by atoms with E-state index in [4.69, 9.17) is 29.0 Å². The first kappa shape index (κ1) is 13.9. The van der Waals surface area contributed by atoms with Crippen LogP contribution in [0.3, 0.4) is 0 Å². The Hall–Kier alpha value is -1.49. The number of nitrogen functional groups attached to an aromatic ring is 1. The minimum atomic E-state index is -0.329. The maximum Gasteiger partial charge on any atom is 0.267 e. The fraction of sp³-hybridized carbons (Fsp3) is 0.154. The highest BCUT2D eigenvalue weighted by Crippen LogP contribution is 2.28. The summed E-state index contributed by atoms with van der Waals surface area (Å²) in [6, 6.07) is 7.00. The molecule has 1 aromatic heterocycles. The largest absolute Gasteiger partial charge is 0.316 e. The Morgan fingerprint density at radius 1 is 1.26 bits per heavy atom. The van der Waals surface area contributed by atoms with Crippen molar-refractivity contribution in [3.63, 3.8) is 0 Å². The molecule has 0 aliphatic carbocycles. The first-order valence-corrected chi connectivity index (χ1v) is 6.36. The smallest absolute Gasteiger partial charge is 0.267 e. The van der Waals surface area contributed by atoms with Crippen molar-refractivity contribution < 1.29 is 4.79 Å². The zero-order valence-corrected chi connectivity index (χ0v) is 12.0. The second kappa shape index (κ2) is 5.25. The fourth-order valence-corrected chi connectivity index (χ4v) is 2.60. The van der Waals surface area contributed by atoms with Crippen LogP contribution in [-0.4, -0.2) is 10.5 Å². The van der Waals surface area contributed by atoms with E-state index in [-0.39, 0.29) is 5.91 Å². The molecular formula is C13H13Cl2N3O. The predicted octanol–water partition coefficient (Wildman–Crippen LogP) is 3.00. The highest BCUT2D eigenvalue weighted by Gasteiger charge is 2.17. The standard InChI is InChI=1S/C13H13Cl2N3O/c1-7-5-10(13(19)17-16)8(2)18(7)12-4-3-9(14)6-11(12)15/h3-6H,16H2,1-2H3,(H,17,19). The van der Waals surface area contributed by atoms with Gasteiger partial charge in [0.05, 0.1) is 16.3 Å². The van der Waals surface area contributed by atoms with Gasteiger partial charge in [0.1, 0.15) is 0 Å². The van der Waals surface area contributed by atoms with Crippen molar-refractivity contribution in [2.24, 2.45) is 5.84 Å². The predicted molar refractivity (Wildman–Crippen MR) is 76.9 cm³/mol. The van der Waals surface area contributed by atoms with E-state index in [0.717, 1.165) is 17.1 Å². The minimum Gasteiger partial charge on any atom is -0.316 e. The van der Waals surface area contributed by atoms with Crippen LogP contribution in [0.4, 0.5) is 0 Å². The highest BCUT2D eigenvalue weighted by atomic mass is 35.5. The zero-order chi connectivity index (χ0) is 14.2. The number of nitrogens with zero attached hydrogens (tertiary/aromatic N) is 1. The molecule has 0 spiro atoms. The molecule has 0 atom stereocenters. The molecule has 6 heteroatoms. The van der Waals surface area contributed by atoms with Crippen LogP contribution in [0.25, 0.3) is 5.69 Å². The minimum absolute atomic E-state index is 0.329. The number of hydrogen-bond donors (Lipinski definition) is 2. The Bertz CT molecular complexity index is 650. The number of hydrazine groups is 1. The van der Waals surface area contributed by atoms with Crippen molar-refractivity contribution >= 4 is 29.1 Å². The summed E-state index contributed by atoms with van der Waals surface area (Å²) < 4.78 is 1.89. The van der Waals surface area contributed by atoms with Crippen molar-refractivity contribution in [3.8, 4) is 5.69 Å². The number of nitrogens with one attached hydrogen (secondary N) is 1. The van der Waals surface area contributed by atoms with Crippen molar-refractivity contribution in [1.29, 1.82) is 0 Å². The topological polar surface area (TPSA) is 60.1 Å². The van der Waals surface area contributed by atoms with Crippen molar-refractivity contribution in [3.05, 3.63) is 51.3 Å². The van der Waals surface area contributed by atoms with E-state index in [0.29, 0.717) is 15.6 Å². The summed E-state index contributed by atoms with van der Waals surface area (Å²) in [4.78, 5) is 11.7. The van der Waals surface area contributed by atoms with Crippen molar-refractivity contribution in [2.45, 2.75) is 13.8 Å². The molecule has 0 bridgehead atoms. The third-order valence-electron chi connectivity index (χ3n) is 2.96. The van der Waals surface area contributed by atoms with Gasteiger partial charge in [0, 0.05) is 16.4 Å². The molecule has 1 heterocycles. The van der Waals surface area contributed by atoms with Crippen LogP contribution in [0.15, 0.2) is 24.3 Å². The van der Waals surface area contributed by atoms with Gasteiger partial charge in [-0.25, -0.2) is 5.84 Å². The van der Waals surface area contributed by atoms with E-state index in [1.807, 2.05) is 24.5 Å². The Labute approximate surface area is 121 Å². The van der Waals surface area contributed by atoms with Gasteiger partial charge in [-0.1, -0.05) is 23.2 Å². The second-order valence-electron chi connectivity index (χ2n) is 4.19. The van der Waals surface area contributed by atoms with Crippen molar-refractivity contribution in [2.75, 3.05) is 0 Å². The fourth-order valence-electron chi connectivity index (χ4n) is 2.10. The maximum absolute atomic E-state index is 11.7. The van der Waals surface area contributed by atoms with E-state index in [9.17, 15) is 4.79 Å².